The summed E-state index contributed by atoms with van der Waals surface area (Å²) in [6, 6.07) is 1.98. The molecule has 0 aliphatic rings. The van der Waals surface area contributed by atoms with Gasteiger partial charge in [-0.15, -0.1) is 21.5 Å². The van der Waals surface area contributed by atoms with Crippen molar-refractivity contribution in [3.05, 3.63) is 20.2 Å². The number of hydrogen-bond acceptors (Lipinski definition) is 5. The molecule has 96 valence electrons. The van der Waals surface area contributed by atoms with Crippen molar-refractivity contribution in [3.63, 3.8) is 0 Å². The number of carboxylic acids is 1. The fourth-order valence-corrected chi connectivity index (χ4v) is 2.86. The molecule has 5 nitrogen and oxygen atoms in total. The van der Waals surface area contributed by atoms with E-state index < -0.39 is 5.97 Å². The molecule has 0 aliphatic heterocycles. The molecule has 2 aromatic rings. The molecule has 1 unspecified atom stereocenters. The van der Waals surface area contributed by atoms with E-state index in [1.54, 1.807) is 11.3 Å². The average molecular weight is 378 g/mol. The van der Waals surface area contributed by atoms with Gasteiger partial charge in [-0.3, -0.25) is 4.79 Å². The summed E-state index contributed by atoms with van der Waals surface area (Å²) in [7, 11) is 0. The van der Waals surface area contributed by atoms with Crippen LogP contribution in [0.2, 0.25) is 0 Å². The Morgan fingerprint density at radius 1 is 1.61 bits per heavy atom. The number of carboxylic acid groups (broad SMARTS) is 1. The Balaban J connectivity index is 2.04. The minimum atomic E-state index is -0.811. The molecule has 18 heavy (non-hydrogen) atoms. The zero-order valence-corrected chi connectivity index (χ0v) is 12.6. The Kier molecular flexibility index (Phi) is 4.33. The van der Waals surface area contributed by atoms with Crippen molar-refractivity contribution >= 4 is 39.9 Å². The van der Waals surface area contributed by atoms with Crippen LogP contribution in [0, 0.1) is 8.80 Å². The molecular weight excluding hydrogens is 367 g/mol. The van der Waals surface area contributed by atoms with Crippen LogP contribution in [0.5, 0.6) is 0 Å². The van der Waals surface area contributed by atoms with Crippen molar-refractivity contribution in [2.45, 2.75) is 19.8 Å². The minimum Gasteiger partial charge on any atom is -0.481 e. The first-order valence-electron chi connectivity index (χ1n) is 5.33. The Hall–Kier alpha value is -0.960. The second kappa shape index (κ2) is 5.79. The number of thiophene rings is 1. The van der Waals surface area contributed by atoms with Crippen LogP contribution < -0.4 is 0 Å². The molecule has 0 amide bonds. The van der Waals surface area contributed by atoms with Crippen molar-refractivity contribution in [1.82, 2.24) is 10.2 Å². The lowest BCUT2D eigenvalue weighted by Gasteiger charge is -2.03. The second-order valence-corrected chi connectivity index (χ2v) is 6.85. The van der Waals surface area contributed by atoms with Gasteiger partial charge in [0, 0.05) is 18.2 Å². The van der Waals surface area contributed by atoms with E-state index in [9.17, 15) is 4.79 Å². The summed E-state index contributed by atoms with van der Waals surface area (Å²) in [5.74, 6) is 0.152. The SMILES string of the molecule is CC(CC(=O)O)Cc1nnc(-c2csc(I)c2)o1. The molecule has 0 bridgehead atoms. The number of nitrogens with zero attached hydrogens (tertiary/aromatic N) is 2. The van der Waals surface area contributed by atoms with Gasteiger partial charge in [-0.05, 0) is 34.6 Å². The van der Waals surface area contributed by atoms with Crippen LogP contribution in [0.15, 0.2) is 15.9 Å². The van der Waals surface area contributed by atoms with Gasteiger partial charge in [0.15, 0.2) is 0 Å². The van der Waals surface area contributed by atoms with Gasteiger partial charge in [-0.25, -0.2) is 0 Å². The molecule has 0 radical (unpaired) electrons. The fourth-order valence-electron chi connectivity index (χ4n) is 1.54. The fraction of sp³-hybridized carbons (Fsp3) is 0.364. The highest BCUT2D eigenvalue weighted by Gasteiger charge is 2.14. The maximum absolute atomic E-state index is 10.6. The van der Waals surface area contributed by atoms with Gasteiger partial charge in [0.1, 0.15) is 0 Å². The third-order valence-electron chi connectivity index (χ3n) is 2.33. The Morgan fingerprint density at radius 2 is 2.39 bits per heavy atom. The third-order valence-corrected chi connectivity index (χ3v) is 4.12. The van der Waals surface area contributed by atoms with E-state index in [4.69, 9.17) is 9.52 Å². The summed E-state index contributed by atoms with van der Waals surface area (Å²) >= 11 is 3.84. The van der Waals surface area contributed by atoms with Gasteiger partial charge in [0.2, 0.25) is 11.8 Å². The molecule has 0 saturated carbocycles. The van der Waals surface area contributed by atoms with Crippen LogP contribution in [0.4, 0.5) is 0 Å². The maximum atomic E-state index is 10.6. The molecule has 2 heterocycles. The van der Waals surface area contributed by atoms with Gasteiger partial charge >= 0.3 is 5.97 Å². The van der Waals surface area contributed by atoms with Crippen LogP contribution >= 0.6 is 33.9 Å². The summed E-state index contributed by atoms with van der Waals surface area (Å²) in [6.45, 7) is 1.85. The first kappa shape index (κ1) is 13.5. The smallest absolute Gasteiger partial charge is 0.303 e. The predicted octanol–water partition coefficient (Wildman–Crippen LogP) is 3.06. The maximum Gasteiger partial charge on any atom is 0.303 e. The topological polar surface area (TPSA) is 76.2 Å². The average Bonchev–Trinajstić information content (AvgIpc) is 2.85. The molecule has 2 aromatic heterocycles. The van der Waals surface area contributed by atoms with E-state index in [0.717, 1.165) is 8.45 Å². The van der Waals surface area contributed by atoms with Crippen molar-refractivity contribution in [3.8, 4) is 11.5 Å². The highest BCUT2D eigenvalue weighted by atomic mass is 127. The van der Waals surface area contributed by atoms with Crippen LogP contribution in [-0.2, 0) is 11.2 Å². The molecule has 2 rings (SSSR count). The normalized spacial score (nSPS) is 12.6. The zero-order valence-electron chi connectivity index (χ0n) is 9.59. The summed E-state index contributed by atoms with van der Waals surface area (Å²) in [5.41, 5.74) is 0.911. The van der Waals surface area contributed by atoms with E-state index >= 15 is 0 Å². The standard InChI is InChI=1S/C11H11IN2O3S/c1-6(3-10(15)16)2-9-13-14-11(17-9)7-4-8(12)18-5-7/h4-6H,2-3H2,1H3,(H,15,16). The lowest BCUT2D eigenvalue weighted by molar-refractivity contribution is -0.137. The molecular formula is C11H11IN2O3S. The van der Waals surface area contributed by atoms with E-state index in [1.165, 1.54) is 0 Å². The quantitative estimate of drug-likeness (QED) is 0.810. The van der Waals surface area contributed by atoms with Crippen molar-refractivity contribution < 1.29 is 14.3 Å². The van der Waals surface area contributed by atoms with Crippen LogP contribution in [0.3, 0.4) is 0 Å². The number of aromatic nitrogens is 2. The van der Waals surface area contributed by atoms with E-state index in [-0.39, 0.29) is 12.3 Å². The number of carbonyl (C=O) groups is 1. The molecule has 1 N–H and O–H groups in total. The van der Waals surface area contributed by atoms with Gasteiger partial charge in [0.05, 0.1) is 8.45 Å². The molecule has 7 heteroatoms. The van der Waals surface area contributed by atoms with E-state index in [2.05, 4.69) is 32.8 Å². The Bertz CT molecular complexity index is 552. The number of rotatable bonds is 5. The lowest BCUT2D eigenvalue weighted by Crippen LogP contribution is -2.07. The zero-order chi connectivity index (χ0) is 13.1. The van der Waals surface area contributed by atoms with E-state index in [0.29, 0.717) is 18.2 Å². The molecule has 0 aliphatic carbocycles. The van der Waals surface area contributed by atoms with Crippen molar-refractivity contribution in [2.24, 2.45) is 5.92 Å². The molecule has 1 atom stereocenters. The summed E-state index contributed by atoms with van der Waals surface area (Å²) < 4.78 is 6.68. The molecule has 0 fully saturated rings. The number of hydrogen-bond donors (Lipinski definition) is 1. The molecule has 0 aromatic carbocycles. The van der Waals surface area contributed by atoms with Gasteiger partial charge in [-0.2, -0.15) is 0 Å². The van der Waals surface area contributed by atoms with Crippen molar-refractivity contribution in [1.29, 1.82) is 0 Å². The predicted molar refractivity (Wildman–Crippen MR) is 75.4 cm³/mol. The second-order valence-electron chi connectivity index (χ2n) is 4.05. The summed E-state index contributed by atoms with van der Waals surface area (Å²) in [6.07, 6.45) is 0.592. The Labute approximate surface area is 121 Å². The van der Waals surface area contributed by atoms with Gasteiger partial charge in [0.25, 0.3) is 0 Å². The summed E-state index contributed by atoms with van der Waals surface area (Å²) in [5, 5.41) is 18.6. The van der Waals surface area contributed by atoms with Crippen LogP contribution in [0.25, 0.3) is 11.5 Å². The van der Waals surface area contributed by atoms with E-state index in [1.807, 2.05) is 18.4 Å². The van der Waals surface area contributed by atoms with Crippen LogP contribution in [0.1, 0.15) is 19.2 Å². The monoisotopic (exact) mass is 378 g/mol. The first-order chi connectivity index (χ1) is 8.54. The van der Waals surface area contributed by atoms with Gasteiger partial charge in [-0.1, -0.05) is 6.92 Å². The van der Waals surface area contributed by atoms with Crippen LogP contribution in [-0.4, -0.2) is 21.3 Å². The van der Waals surface area contributed by atoms with Gasteiger partial charge < -0.3 is 9.52 Å². The minimum absolute atomic E-state index is 0.0154. The molecule has 0 saturated heterocycles. The number of aliphatic carboxylic acids is 1. The number of halogens is 1. The van der Waals surface area contributed by atoms with Crippen molar-refractivity contribution in [2.75, 3.05) is 0 Å². The highest BCUT2D eigenvalue weighted by molar-refractivity contribution is 14.1. The molecule has 0 spiro atoms. The largest absolute Gasteiger partial charge is 0.481 e. The third kappa shape index (κ3) is 3.52. The Morgan fingerprint density at radius 3 is 3.00 bits per heavy atom. The summed E-state index contributed by atoms with van der Waals surface area (Å²) in [4.78, 5) is 10.6. The highest BCUT2D eigenvalue weighted by Crippen LogP contribution is 2.26. The lowest BCUT2D eigenvalue weighted by atomic mass is 10.0. The first-order valence-corrected chi connectivity index (χ1v) is 7.29.